The predicted octanol–water partition coefficient (Wildman–Crippen LogP) is 3.03. The number of fused-ring (bicyclic) bond motifs is 1. The van der Waals surface area contributed by atoms with Gasteiger partial charge in [0.2, 0.25) is 0 Å². The molecule has 1 fully saturated rings. The maximum Gasteiger partial charge on any atom is 0.254 e. The smallest absolute Gasteiger partial charge is 0.254 e. The summed E-state index contributed by atoms with van der Waals surface area (Å²) in [6.07, 6.45) is 0.437. The molecule has 20 heavy (non-hydrogen) atoms. The number of nitrogens with zero attached hydrogens (tertiary/aromatic N) is 1. The van der Waals surface area contributed by atoms with E-state index in [1.807, 2.05) is 56.3 Å². The Labute approximate surface area is 118 Å². The van der Waals surface area contributed by atoms with Crippen LogP contribution in [-0.4, -0.2) is 28.7 Å². The molecular weight excluding hydrogens is 250 g/mol. The number of rotatable bonds is 1. The normalized spacial score (nSPS) is 17.7. The van der Waals surface area contributed by atoms with Crippen molar-refractivity contribution in [1.82, 2.24) is 4.90 Å². The van der Waals surface area contributed by atoms with E-state index in [0.717, 1.165) is 10.8 Å². The third kappa shape index (κ3) is 2.09. The van der Waals surface area contributed by atoms with E-state index in [1.54, 1.807) is 4.90 Å². The van der Waals surface area contributed by atoms with Crippen molar-refractivity contribution in [3.05, 3.63) is 48.0 Å². The van der Waals surface area contributed by atoms with Gasteiger partial charge in [-0.15, -0.1) is 0 Å². The molecule has 1 aliphatic rings. The number of likely N-dealkylation sites (tertiary alicyclic amines) is 1. The average molecular weight is 267 g/mol. The van der Waals surface area contributed by atoms with Crippen molar-refractivity contribution < 1.29 is 9.59 Å². The van der Waals surface area contributed by atoms with Crippen LogP contribution in [0, 0.1) is 0 Å². The first kappa shape index (κ1) is 12.9. The zero-order chi connectivity index (χ0) is 14.3. The number of carbonyl (C=O) groups excluding carboxylic acids is 2. The molecule has 2 aromatic carbocycles. The SMILES string of the molecule is CC1(C)CC(=O)CN1C(=O)c1ccc2ccccc2c1. The Morgan fingerprint density at radius 1 is 1.10 bits per heavy atom. The average Bonchev–Trinajstić information content (AvgIpc) is 2.70. The van der Waals surface area contributed by atoms with Gasteiger partial charge in [0.1, 0.15) is 0 Å². The minimum absolute atomic E-state index is 0.0633. The molecule has 0 saturated carbocycles. The number of carbonyl (C=O) groups is 2. The second-order valence-corrected chi connectivity index (χ2v) is 5.98. The molecule has 3 nitrogen and oxygen atoms in total. The summed E-state index contributed by atoms with van der Waals surface area (Å²) in [5, 5.41) is 2.16. The minimum Gasteiger partial charge on any atom is -0.326 e. The monoisotopic (exact) mass is 267 g/mol. The van der Waals surface area contributed by atoms with Crippen LogP contribution in [0.5, 0.6) is 0 Å². The minimum atomic E-state index is -0.389. The Hall–Kier alpha value is -2.16. The van der Waals surface area contributed by atoms with Gasteiger partial charge >= 0.3 is 0 Å². The summed E-state index contributed by atoms with van der Waals surface area (Å²) in [5.74, 6) is 0.0655. The fourth-order valence-corrected chi connectivity index (χ4v) is 2.85. The van der Waals surface area contributed by atoms with Crippen LogP contribution < -0.4 is 0 Å². The topological polar surface area (TPSA) is 37.4 Å². The molecule has 0 unspecified atom stereocenters. The maximum absolute atomic E-state index is 12.6. The van der Waals surface area contributed by atoms with Crippen LogP contribution in [0.4, 0.5) is 0 Å². The largest absolute Gasteiger partial charge is 0.326 e. The van der Waals surface area contributed by atoms with E-state index in [9.17, 15) is 9.59 Å². The molecule has 102 valence electrons. The van der Waals surface area contributed by atoms with E-state index in [2.05, 4.69) is 0 Å². The van der Waals surface area contributed by atoms with Gasteiger partial charge in [0, 0.05) is 17.5 Å². The highest BCUT2D eigenvalue weighted by atomic mass is 16.2. The third-order valence-electron chi connectivity index (χ3n) is 3.94. The first-order valence-electron chi connectivity index (χ1n) is 6.80. The molecule has 0 N–H and O–H groups in total. The Balaban J connectivity index is 1.98. The maximum atomic E-state index is 12.6. The van der Waals surface area contributed by atoms with Crippen molar-refractivity contribution in [2.75, 3.05) is 6.54 Å². The van der Waals surface area contributed by atoms with E-state index in [4.69, 9.17) is 0 Å². The van der Waals surface area contributed by atoms with E-state index in [0.29, 0.717) is 12.0 Å². The molecule has 1 saturated heterocycles. The molecule has 3 heteroatoms. The summed E-state index contributed by atoms with van der Waals surface area (Å²) >= 11 is 0. The van der Waals surface area contributed by atoms with Gasteiger partial charge < -0.3 is 4.90 Å². The molecule has 1 heterocycles. The molecule has 2 aromatic rings. The van der Waals surface area contributed by atoms with Gasteiger partial charge in [-0.3, -0.25) is 9.59 Å². The number of hydrogen-bond acceptors (Lipinski definition) is 2. The highest BCUT2D eigenvalue weighted by molar-refractivity contribution is 6.02. The number of benzene rings is 2. The standard InChI is InChI=1S/C17H17NO2/c1-17(2)10-15(19)11-18(17)16(20)14-8-7-12-5-3-4-6-13(12)9-14/h3-9H,10-11H2,1-2H3. The van der Waals surface area contributed by atoms with Crippen LogP contribution in [0.25, 0.3) is 10.8 Å². The summed E-state index contributed by atoms with van der Waals surface area (Å²) in [5.41, 5.74) is 0.256. The lowest BCUT2D eigenvalue weighted by Gasteiger charge is -2.30. The van der Waals surface area contributed by atoms with E-state index in [1.165, 1.54) is 0 Å². The van der Waals surface area contributed by atoms with Crippen LogP contribution in [-0.2, 0) is 4.79 Å². The highest BCUT2D eigenvalue weighted by Crippen LogP contribution is 2.28. The van der Waals surface area contributed by atoms with Crippen molar-refractivity contribution in [3.8, 4) is 0 Å². The molecule has 0 aromatic heterocycles. The molecule has 1 aliphatic heterocycles. The zero-order valence-corrected chi connectivity index (χ0v) is 11.7. The Morgan fingerprint density at radius 2 is 1.80 bits per heavy atom. The fourth-order valence-electron chi connectivity index (χ4n) is 2.85. The molecular formula is C17H17NO2. The van der Waals surface area contributed by atoms with Crippen LogP contribution in [0.3, 0.4) is 0 Å². The molecule has 0 aliphatic carbocycles. The van der Waals surface area contributed by atoms with Gasteiger partial charge in [0.15, 0.2) is 5.78 Å². The third-order valence-corrected chi connectivity index (χ3v) is 3.94. The first-order valence-corrected chi connectivity index (χ1v) is 6.80. The lowest BCUT2D eigenvalue weighted by atomic mass is 10.0. The lowest BCUT2D eigenvalue weighted by Crippen LogP contribution is -2.42. The summed E-state index contributed by atoms with van der Waals surface area (Å²) in [6.45, 7) is 4.10. The number of Topliss-reactive ketones (excluding diaryl/α,β-unsaturated/α-hetero) is 1. The van der Waals surface area contributed by atoms with Crippen molar-refractivity contribution >= 4 is 22.5 Å². The number of ketones is 1. The van der Waals surface area contributed by atoms with Crippen molar-refractivity contribution in [2.45, 2.75) is 25.8 Å². The predicted molar refractivity (Wildman–Crippen MR) is 78.7 cm³/mol. The zero-order valence-electron chi connectivity index (χ0n) is 11.7. The molecule has 0 spiro atoms. The van der Waals surface area contributed by atoms with Gasteiger partial charge in [-0.05, 0) is 36.8 Å². The summed E-state index contributed by atoms with van der Waals surface area (Å²) in [4.78, 5) is 25.9. The number of amides is 1. The van der Waals surface area contributed by atoms with Gasteiger partial charge in [-0.1, -0.05) is 30.3 Å². The number of hydrogen-bond donors (Lipinski definition) is 0. The van der Waals surface area contributed by atoms with Crippen LogP contribution in [0.15, 0.2) is 42.5 Å². The van der Waals surface area contributed by atoms with Gasteiger partial charge in [-0.2, -0.15) is 0 Å². The van der Waals surface area contributed by atoms with Crippen LogP contribution in [0.1, 0.15) is 30.6 Å². The van der Waals surface area contributed by atoms with Crippen molar-refractivity contribution in [2.24, 2.45) is 0 Å². The van der Waals surface area contributed by atoms with Gasteiger partial charge in [-0.25, -0.2) is 0 Å². The second-order valence-electron chi connectivity index (χ2n) is 5.98. The molecule has 0 atom stereocenters. The Kier molecular flexibility index (Phi) is 2.85. The Morgan fingerprint density at radius 3 is 2.45 bits per heavy atom. The van der Waals surface area contributed by atoms with Crippen LogP contribution >= 0.6 is 0 Å². The first-order chi connectivity index (χ1) is 9.47. The molecule has 0 bridgehead atoms. The van der Waals surface area contributed by atoms with Crippen molar-refractivity contribution in [3.63, 3.8) is 0 Å². The lowest BCUT2D eigenvalue weighted by molar-refractivity contribution is -0.116. The molecule has 1 amide bonds. The van der Waals surface area contributed by atoms with Crippen LogP contribution in [0.2, 0.25) is 0 Å². The summed E-state index contributed by atoms with van der Waals surface area (Å²) in [6, 6.07) is 13.6. The second kappa shape index (κ2) is 4.44. The van der Waals surface area contributed by atoms with Crippen molar-refractivity contribution in [1.29, 1.82) is 0 Å². The van der Waals surface area contributed by atoms with Gasteiger partial charge in [0.25, 0.3) is 5.91 Å². The Bertz CT molecular complexity index is 703. The van der Waals surface area contributed by atoms with E-state index < -0.39 is 0 Å². The quantitative estimate of drug-likeness (QED) is 0.796. The van der Waals surface area contributed by atoms with E-state index >= 15 is 0 Å². The molecule has 3 rings (SSSR count). The van der Waals surface area contributed by atoms with E-state index in [-0.39, 0.29) is 23.8 Å². The molecule has 0 radical (unpaired) electrons. The summed E-state index contributed by atoms with van der Waals surface area (Å²) in [7, 11) is 0. The fraction of sp³-hybridized carbons (Fsp3) is 0.294. The van der Waals surface area contributed by atoms with Gasteiger partial charge in [0.05, 0.1) is 6.54 Å². The highest BCUT2D eigenvalue weighted by Gasteiger charge is 2.40. The summed E-state index contributed by atoms with van der Waals surface area (Å²) < 4.78 is 0.